The average Bonchev–Trinajstić information content (AvgIpc) is 2.37. The highest BCUT2D eigenvalue weighted by Crippen LogP contribution is 2.27. The third-order valence-corrected chi connectivity index (χ3v) is 7.07. The van der Waals surface area contributed by atoms with Gasteiger partial charge in [-0.05, 0) is 23.6 Å². The first-order chi connectivity index (χ1) is 6.73. The summed E-state index contributed by atoms with van der Waals surface area (Å²) in [5, 5.41) is 0. The van der Waals surface area contributed by atoms with Crippen molar-refractivity contribution in [2.75, 3.05) is 0 Å². The Kier molecular flexibility index (Phi) is 2.59. The van der Waals surface area contributed by atoms with E-state index in [9.17, 15) is 0 Å². The second-order valence-corrected chi connectivity index (χ2v) is 9.23. The lowest BCUT2D eigenvalue weighted by molar-refractivity contribution is 0.913. The van der Waals surface area contributed by atoms with Gasteiger partial charge < -0.3 is 0 Å². The Bertz CT molecular complexity index is 343. The van der Waals surface area contributed by atoms with Gasteiger partial charge in [0.15, 0.2) is 0 Å². The van der Waals surface area contributed by atoms with Crippen LogP contribution >= 0.6 is 0 Å². The molecule has 0 fully saturated rings. The molecule has 0 N–H and O–H groups in total. The Morgan fingerprint density at radius 1 is 1.29 bits per heavy atom. The van der Waals surface area contributed by atoms with Gasteiger partial charge in [-0.2, -0.15) is 0 Å². The fourth-order valence-corrected chi connectivity index (χ4v) is 5.08. The van der Waals surface area contributed by atoms with Crippen molar-refractivity contribution < 1.29 is 0 Å². The van der Waals surface area contributed by atoms with E-state index < -0.39 is 8.07 Å². The van der Waals surface area contributed by atoms with E-state index in [1.807, 2.05) is 0 Å². The van der Waals surface area contributed by atoms with Crippen molar-refractivity contribution >= 4 is 8.07 Å². The molecule has 0 saturated carbocycles. The zero-order valence-electron chi connectivity index (χ0n) is 8.92. The van der Waals surface area contributed by atoms with E-state index in [0.717, 1.165) is 0 Å². The van der Waals surface area contributed by atoms with Crippen LogP contribution in [0.25, 0.3) is 0 Å². The van der Waals surface area contributed by atoms with Crippen molar-refractivity contribution in [2.24, 2.45) is 0 Å². The van der Waals surface area contributed by atoms with Crippen molar-refractivity contribution in [3.8, 4) is 0 Å². The van der Waals surface area contributed by atoms with E-state index in [4.69, 9.17) is 0 Å². The van der Waals surface area contributed by atoms with Crippen molar-refractivity contribution in [3.05, 3.63) is 47.7 Å². The van der Waals surface area contributed by atoms with E-state index in [1.165, 1.54) is 24.9 Å². The van der Waals surface area contributed by atoms with Crippen molar-refractivity contribution in [1.82, 2.24) is 0 Å². The molecular weight excluding hydrogens is 184 g/mol. The molecule has 0 spiro atoms. The Balaban J connectivity index is 2.35. The highest BCUT2D eigenvalue weighted by molar-refractivity contribution is 6.82. The van der Waals surface area contributed by atoms with Gasteiger partial charge in [-0.15, -0.1) is 12.3 Å². The second-order valence-electron chi connectivity index (χ2n) is 4.66. The fraction of sp³-hybridized carbons (Fsp3) is 0.385. The van der Waals surface area contributed by atoms with Gasteiger partial charge in [-0.3, -0.25) is 0 Å². The second kappa shape index (κ2) is 3.74. The van der Waals surface area contributed by atoms with Crippen LogP contribution in [0.15, 0.2) is 36.5 Å². The molecule has 0 radical (unpaired) electrons. The molecule has 14 heavy (non-hydrogen) atoms. The predicted molar refractivity (Wildman–Crippen MR) is 65.1 cm³/mol. The highest BCUT2D eigenvalue weighted by Gasteiger charge is 2.26. The minimum atomic E-state index is -1.15. The Morgan fingerprint density at radius 2 is 2.00 bits per heavy atom. The molecule has 1 heteroatoms. The largest absolute Gasteiger partial charge is 0.107 e. The fourth-order valence-electron chi connectivity index (χ4n) is 2.35. The topological polar surface area (TPSA) is 0 Å². The minimum absolute atomic E-state index is 1.15. The zero-order chi connectivity index (χ0) is 10.0. The minimum Gasteiger partial charge on any atom is -0.107 e. The molecule has 0 aliphatic carbocycles. The van der Waals surface area contributed by atoms with E-state index in [-0.39, 0.29) is 0 Å². The van der Waals surface area contributed by atoms with Crippen LogP contribution in [0, 0.1) is 0 Å². The lowest BCUT2D eigenvalue weighted by Gasteiger charge is -2.20. The summed E-state index contributed by atoms with van der Waals surface area (Å²) < 4.78 is 0. The summed E-state index contributed by atoms with van der Waals surface area (Å²) in [6.07, 6.45) is 2.62. The van der Waals surface area contributed by atoms with Gasteiger partial charge in [0, 0.05) is 0 Å². The van der Waals surface area contributed by atoms with Gasteiger partial charge in [0.2, 0.25) is 0 Å². The molecule has 2 rings (SSSR count). The number of aryl methyl sites for hydroxylation is 1. The molecule has 1 heterocycles. The van der Waals surface area contributed by atoms with Crippen LogP contribution < -0.4 is 0 Å². The van der Waals surface area contributed by atoms with E-state index in [0.29, 0.717) is 0 Å². The van der Waals surface area contributed by atoms with Crippen LogP contribution in [-0.4, -0.2) is 8.07 Å². The molecule has 1 aromatic rings. The van der Waals surface area contributed by atoms with Crippen molar-refractivity contribution in [3.63, 3.8) is 0 Å². The highest BCUT2D eigenvalue weighted by atomic mass is 28.3. The molecule has 0 amide bonds. The first-order valence-corrected chi connectivity index (χ1v) is 8.43. The maximum atomic E-state index is 4.03. The SMILES string of the molecule is C=C[Si]1(C)CCCc2ccccc2C1. The summed E-state index contributed by atoms with van der Waals surface area (Å²) in [7, 11) is -1.15. The third kappa shape index (κ3) is 1.83. The average molecular weight is 202 g/mol. The van der Waals surface area contributed by atoms with Crippen LogP contribution in [0.1, 0.15) is 17.5 Å². The van der Waals surface area contributed by atoms with Gasteiger partial charge >= 0.3 is 0 Å². The normalized spacial score (nSPS) is 26.4. The van der Waals surface area contributed by atoms with Crippen LogP contribution in [0.3, 0.4) is 0 Å². The third-order valence-electron chi connectivity index (χ3n) is 3.40. The smallest absolute Gasteiger partial charge is 0.0783 e. The molecule has 1 aliphatic heterocycles. The Labute approximate surface area is 87.7 Å². The van der Waals surface area contributed by atoms with Gasteiger partial charge in [-0.25, -0.2) is 0 Å². The number of rotatable bonds is 1. The molecule has 1 aliphatic rings. The lowest BCUT2D eigenvalue weighted by Crippen LogP contribution is -2.29. The quantitative estimate of drug-likeness (QED) is 0.611. The van der Waals surface area contributed by atoms with E-state index in [2.05, 4.69) is 43.1 Å². The zero-order valence-corrected chi connectivity index (χ0v) is 9.92. The summed E-state index contributed by atoms with van der Waals surface area (Å²) >= 11 is 0. The summed E-state index contributed by atoms with van der Waals surface area (Å²) in [4.78, 5) is 0. The Hall–Kier alpha value is -0.823. The molecule has 74 valence electrons. The number of hydrogen-bond donors (Lipinski definition) is 0. The summed E-state index contributed by atoms with van der Waals surface area (Å²) in [6, 6.07) is 11.6. The number of hydrogen-bond acceptors (Lipinski definition) is 0. The molecule has 1 aromatic carbocycles. The molecule has 1 unspecified atom stereocenters. The van der Waals surface area contributed by atoms with E-state index in [1.54, 1.807) is 11.1 Å². The monoisotopic (exact) mass is 202 g/mol. The summed E-state index contributed by atoms with van der Waals surface area (Å²) in [6.45, 7) is 6.49. The van der Waals surface area contributed by atoms with Gasteiger partial charge in [-0.1, -0.05) is 43.3 Å². The lowest BCUT2D eigenvalue weighted by atomic mass is 10.1. The van der Waals surface area contributed by atoms with Crippen LogP contribution in [0.5, 0.6) is 0 Å². The first kappa shape index (κ1) is 9.72. The van der Waals surface area contributed by atoms with Crippen molar-refractivity contribution in [2.45, 2.75) is 31.5 Å². The molecule has 0 saturated heterocycles. The standard InChI is InChI=1S/C13H18Si/c1-3-14(2)10-6-9-12-7-4-5-8-13(12)11-14/h3-5,7-8H,1,6,9-11H2,2H3. The maximum absolute atomic E-state index is 4.03. The molecule has 0 nitrogen and oxygen atoms in total. The summed E-state index contributed by atoms with van der Waals surface area (Å²) in [5.74, 6) is 0. The molecule has 0 bridgehead atoms. The number of fused-ring (bicyclic) bond motifs is 1. The molecule has 0 aromatic heterocycles. The van der Waals surface area contributed by atoms with Crippen LogP contribution in [0.2, 0.25) is 12.6 Å². The maximum Gasteiger partial charge on any atom is 0.0783 e. The van der Waals surface area contributed by atoms with Crippen LogP contribution in [-0.2, 0) is 12.5 Å². The number of benzene rings is 1. The Morgan fingerprint density at radius 3 is 2.71 bits per heavy atom. The van der Waals surface area contributed by atoms with Crippen LogP contribution in [0.4, 0.5) is 0 Å². The van der Waals surface area contributed by atoms with E-state index >= 15 is 0 Å². The summed E-state index contributed by atoms with van der Waals surface area (Å²) in [5.41, 5.74) is 5.43. The van der Waals surface area contributed by atoms with Crippen molar-refractivity contribution in [1.29, 1.82) is 0 Å². The van der Waals surface area contributed by atoms with Gasteiger partial charge in [0.1, 0.15) is 0 Å². The molecule has 1 atom stereocenters. The predicted octanol–water partition coefficient (Wildman–Crippen LogP) is 3.52. The molecular formula is C13H18Si. The van der Waals surface area contributed by atoms with Gasteiger partial charge in [0.05, 0.1) is 8.07 Å². The first-order valence-electron chi connectivity index (χ1n) is 5.44. The van der Waals surface area contributed by atoms with Gasteiger partial charge in [0.25, 0.3) is 0 Å².